The molecule has 1 aliphatic rings. The van der Waals surface area contributed by atoms with Crippen LogP contribution in [0, 0.1) is 0 Å². The smallest absolute Gasteiger partial charge is 0.244 e. The molecule has 2 aromatic carbocycles. The van der Waals surface area contributed by atoms with E-state index in [1.54, 1.807) is 37.4 Å². The van der Waals surface area contributed by atoms with Gasteiger partial charge in [-0.15, -0.1) is 0 Å². The van der Waals surface area contributed by atoms with Crippen molar-refractivity contribution in [3.63, 3.8) is 0 Å². The van der Waals surface area contributed by atoms with Crippen LogP contribution in [-0.4, -0.2) is 63.9 Å². The summed E-state index contributed by atoms with van der Waals surface area (Å²) in [7, 11) is -2.31. The number of rotatable bonds is 12. The van der Waals surface area contributed by atoms with Crippen LogP contribution in [0.1, 0.15) is 39.2 Å². The second kappa shape index (κ2) is 12.2. The number of anilines is 1. The molecule has 2 atom stereocenters. The Kier molecular flexibility index (Phi) is 9.25. The van der Waals surface area contributed by atoms with E-state index in [-0.39, 0.29) is 31.0 Å². The number of sulfonamides is 1. The lowest BCUT2D eigenvalue weighted by atomic mass is 10.1. The maximum atomic E-state index is 13.8. The van der Waals surface area contributed by atoms with E-state index in [0.29, 0.717) is 23.7 Å². The van der Waals surface area contributed by atoms with Crippen LogP contribution in [0.5, 0.6) is 17.2 Å². The van der Waals surface area contributed by atoms with Gasteiger partial charge in [-0.05, 0) is 49.6 Å². The van der Waals surface area contributed by atoms with Gasteiger partial charge in [-0.2, -0.15) is 0 Å². The first kappa shape index (κ1) is 28.1. The largest absolute Gasteiger partial charge is 0.497 e. The molecule has 202 valence electrons. The summed E-state index contributed by atoms with van der Waals surface area (Å²) in [5, 5.41) is 2.95. The lowest BCUT2D eigenvalue weighted by Crippen LogP contribution is -2.53. The number of carbonyl (C=O) groups excluding carboxylic acids is 2. The van der Waals surface area contributed by atoms with Gasteiger partial charge >= 0.3 is 0 Å². The standard InChI is InChI=1S/C26H35N3O7S/c1-6-18(3)27-26(31)22(7-2)28(15-19-9-8-10-21(13-19)34-4)25(30)16-29(37(5,32)33)20-11-12-23-24(14-20)36-17-35-23/h8-14,18,22H,6-7,15-17H2,1-5H3,(H,27,31)/t18-,22+/m0/s1. The van der Waals surface area contributed by atoms with Gasteiger partial charge in [0, 0.05) is 18.7 Å². The summed E-state index contributed by atoms with van der Waals surface area (Å²) in [5.74, 6) is 0.696. The molecule has 0 saturated heterocycles. The van der Waals surface area contributed by atoms with E-state index in [1.807, 2.05) is 26.8 Å². The Morgan fingerprint density at radius 3 is 2.46 bits per heavy atom. The van der Waals surface area contributed by atoms with Crippen molar-refractivity contribution in [2.45, 2.75) is 52.2 Å². The first-order valence-electron chi connectivity index (χ1n) is 12.2. The molecule has 11 heteroatoms. The molecule has 0 bridgehead atoms. The van der Waals surface area contributed by atoms with E-state index < -0.39 is 28.5 Å². The molecule has 0 saturated carbocycles. The molecule has 3 rings (SSSR count). The lowest BCUT2D eigenvalue weighted by Gasteiger charge is -2.33. The highest BCUT2D eigenvalue weighted by Gasteiger charge is 2.32. The van der Waals surface area contributed by atoms with Gasteiger partial charge < -0.3 is 24.4 Å². The Morgan fingerprint density at radius 1 is 1.08 bits per heavy atom. The molecule has 2 aromatic rings. The first-order valence-corrected chi connectivity index (χ1v) is 14.0. The number of hydrogen-bond donors (Lipinski definition) is 1. The number of nitrogens with zero attached hydrogens (tertiary/aromatic N) is 2. The Bertz CT molecular complexity index is 1220. The normalized spacial score (nSPS) is 14.0. The maximum Gasteiger partial charge on any atom is 0.244 e. The zero-order valence-corrected chi connectivity index (χ0v) is 22.7. The topological polar surface area (TPSA) is 114 Å². The number of carbonyl (C=O) groups is 2. The Labute approximate surface area is 218 Å². The van der Waals surface area contributed by atoms with E-state index in [9.17, 15) is 18.0 Å². The van der Waals surface area contributed by atoms with Gasteiger partial charge in [0.15, 0.2) is 11.5 Å². The first-order chi connectivity index (χ1) is 17.6. The molecule has 1 N–H and O–H groups in total. The van der Waals surface area contributed by atoms with Gasteiger partial charge in [0.1, 0.15) is 18.3 Å². The molecule has 2 amide bonds. The zero-order valence-electron chi connectivity index (χ0n) is 21.9. The Hall–Kier alpha value is -3.47. The molecule has 0 aromatic heterocycles. The van der Waals surface area contributed by atoms with Crippen molar-refractivity contribution < 1.29 is 32.2 Å². The fourth-order valence-electron chi connectivity index (χ4n) is 3.98. The third-order valence-corrected chi connectivity index (χ3v) is 7.34. The number of fused-ring (bicyclic) bond motifs is 1. The highest BCUT2D eigenvalue weighted by Crippen LogP contribution is 2.36. The average Bonchev–Trinajstić information content (AvgIpc) is 3.34. The third-order valence-electron chi connectivity index (χ3n) is 6.20. The number of nitrogens with one attached hydrogen (secondary N) is 1. The second-order valence-corrected chi connectivity index (χ2v) is 10.8. The van der Waals surface area contributed by atoms with Gasteiger partial charge in [0.05, 0.1) is 19.1 Å². The monoisotopic (exact) mass is 533 g/mol. The zero-order chi connectivity index (χ0) is 27.2. The number of hydrogen-bond acceptors (Lipinski definition) is 7. The van der Waals surface area contributed by atoms with Crippen LogP contribution in [0.4, 0.5) is 5.69 Å². The van der Waals surface area contributed by atoms with Gasteiger partial charge in [-0.1, -0.05) is 26.0 Å². The number of ether oxygens (including phenoxy) is 3. The van der Waals surface area contributed by atoms with Crippen molar-refractivity contribution in [3.8, 4) is 17.2 Å². The summed E-state index contributed by atoms with van der Waals surface area (Å²) in [6.07, 6.45) is 2.11. The number of methoxy groups -OCH3 is 1. The van der Waals surface area contributed by atoms with Crippen LogP contribution in [0.25, 0.3) is 0 Å². The van der Waals surface area contributed by atoms with Crippen LogP contribution in [0.3, 0.4) is 0 Å². The molecule has 0 aliphatic carbocycles. The molecule has 1 heterocycles. The summed E-state index contributed by atoms with van der Waals surface area (Å²) in [5.41, 5.74) is 1.01. The van der Waals surface area contributed by atoms with E-state index in [1.165, 1.54) is 11.0 Å². The molecule has 0 unspecified atom stereocenters. The molecular weight excluding hydrogens is 498 g/mol. The predicted octanol–water partition coefficient (Wildman–Crippen LogP) is 2.91. The van der Waals surface area contributed by atoms with Crippen LogP contribution < -0.4 is 23.8 Å². The molecular formula is C26H35N3O7S. The van der Waals surface area contributed by atoms with Gasteiger partial charge in [-0.25, -0.2) is 8.42 Å². The molecule has 0 radical (unpaired) electrons. The minimum atomic E-state index is -3.85. The second-order valence-electron chi connectivity index (χ2n) is 8.92. The van der Waals surface area contributed by atoms with Crippen LogP contribution in [0.2, 0.25) is 0 Å². The van der Waals surface area contributed by atoms with Crippen molar-refractivity contribution >= 4 is 27.5 Å². The van der Waals surface area contributed by atoms with Crippen LogP contribution >= 0.6 is 0 Å². The van der Waals surface area contributed by atoms with Crippen molar-refractivity contribution in [2.75, 3.05) is 31.0 Å². The molecule has 37 heavy (non-hydrogen) atoms. The van der Waals surface area contributed by atoms with Crippen molar-refractivity contribution in [1.82, 2.24) is 10.2 Å². The van der Waals surface area contributed by atoms with E-state index in [2.05, 4.69) is 5.32 Å². The summed E-state index contributed by atoms with van der Waals surface area (Å²) < 4.78 is 42.6. The SMILES string of the molecule is CC[C@H](C(=O)N[C@@H](C)CC)N(Cc1cccc(OC)c1)C(=O)CN(c1ccc2c(c1)OCO2)S(C)(=O)=O. The molecule has 1 aliphatic heterocycles. The van der Waals surface area contributed by atoms with Crippen molar-refractivity contribution in [1.29, 1.82) is 0 Å². The fourth-order valence-corrected chi connectivity index (χ4v) is 4.82. The quantitative estimate of drug-likeness (QED) is 0.446. The van der Waals surface area contributed by atoms with Crippen LogP contribution in [0.15, 0.2) is 42.5 Å². The van der Waals surface area contributed by atoms with Gasteiger partial charge in [-0.3, -0.25) is 13.9 Å². The Morgan fingerprint density at radius 2 is 1.81 bits per heavy atom. The Balaban J connectivity index is 1.96. The average molecular weight is 534 g/mol. The number of amides is 2. The highest BCUT2D eigenvalue weighted by atomic mass is 32.2. The van der Waals surface area contributed by atoms with Gasteiger partial charge in [0.2, 0.25) is 28.6 Å². The summed E-state index contributed by atoms with van der Waals surface area (Å²) in [6, 6.07) is 11.0. The molecule has 10 nitrogen and oxygen atoms in total. The van der Waals surface area contributed by atoms with Gasteiger partial charge in [0.25, 0.3) is 0 Å². The van der Waals surface area contributed by atoms with Crippen molar-refractivity contribution in [3.05, 3.63) is 48.0 Å². The molecule has 0 spiro atoms. The van der Waals surface area contributed by atoms with E-state index in [0.717, 1.165) is 22.5 Å². The van der Waals surface area contributed by atoms with Crippen molar-refractivity contribution in [2.24, 2.45) is 0 Å². The maximum absolute atomic E-state index is 13.8. The number of benzene rings is 2. The van der Waals surface area contributed by atoms with E-state index >= 15 is 0 Å². The summed E-state index contributed by atoms with van der Waals surface area (Å²) in [6.45, 7) is 5.31. The highest BCUT2D eigenvalue weighted by molar-refractivity contribution is 7.92. The van der Waals surface area contributed by atoms with Crippen LogP contribution in [-0.2, 0) is 26.2 Å². The van der Waals surface area contributed by atoms with E-state index in [4.69, 9.17) is 14.2 Å². The fraction of sp³-hybridized carbons (Fsp3) is 0.462. The lowest BCUT2D eigenvalue weighted by molar-refractivity contribution is -0.140. The predicted molar refractivity (Wildman–Crippen MR) is 140 cm³/mol. The summed E-state index contributed by atoms with van der Waals surface area (Å²) >= 11 is 0. The molecule has 0 fully saturated rings. The minimum absolute atomic E-state index is 0.0361. The summed E-state index contributed by atoms with van der Waals surface area (Å²) in [4.78, 5) is 28.4. The third kappa shape index (κ3) is 7.06. The minimum Gasteiger partial charge on any atom is -0.497 e.